The monoisotopic (exact) mass is 697 g/mol. The Labute approximate surface area is 294 Å². The van der Waals surface area contributed by atoms with E-state index in [-0.39, 0.29) is 21.4 Å². The zero-order chi connectivity index (χ0) is 35.2. The summed E-state index contributed by atoms with van der Waals surface area (Å²) in [5, 5.41) is 0. The van der Waals surface area contributed by atoms with Gasteiger partial charge in [-0.05, 0) is 86.9 Å². The minimum atomic E-state index is -4.50. The highest BCUT2D eigenvalue weighted by atomic mass is 32.2. The minimum Gasteiger partial charge on any atom is -0.294 e. The Morgan fingerprint density at radius 3 is 1.70 bits per heavy atom. The molecule has 0 saturated carbocycles. The standard InChI is InChI=1S/C41H35N3O4S2/c1-28-9-17-32(18-10-28)27-39-43-37-8-6-5-7-33(37)21-26-38(43)40(34-19-11-29(2)12-20-34)41(42-49(45,46)35-22-13-30(3)14-23-35)44(39)50(47,48)36-24-15-31(4)16-25-36/h5-27H,1-4H3/b39-27+,42-41+. The number of para-hydroxylation sites is 1. The third-order valence-electron chi connectivity index (χ3n) is 8.75. The molecule has 5 aromatic carbocycles. The molecule has 7 rings (SSSR count). The van der Waals surface area contributed by atoms with Crippen LogP contribution in [0.4, 0.5) is 5.69 Å². The second-order valence-corrected chi connectivity index (χ2v) is 15.9. The molecule has 2 heterocycles. The second-order valence-electron chi connectivity index (χ2n) is 12.6. The van der Waals surface area contributed by atoms with E-state index in [1.807, 2.05) is 118 Å². The zero-order valence-corrected chi connectivity index (χ0v) is 29.7. The number of anilines is 1. The summed E-state index contributed by atoms with van der Waals surface area (Å²) in [4.78, 5) is 1.83. The SMILES string of the molecule is Cc1ccc(/C=C2\N3C(=C(c4ccc(C)cc4)/C(=N\S(=O)(=O)c4ccc(C)cc4)N2S(=O)(=O)c2ccc(C)cc2)C=Cc2ccccc23)cc1. The summed E-state index contributed by atoms with van der Waals surface area (Å²) in [6.45, 7) is 7.68. The van der Waals surface area contributed by atoms with E-state index in [4.69, 9.17) is 0 Å². The van der Waals surface area contributed by atoms with E-state index in [1.54, 1.807) is 30.3 Å². The first-order chi connectivity index (χ1) is 23.9. The van der Waals surface area contributed by atoms with Gasteiger partial charge in [0.05, 0.1) is 26.7 Å². The number of allylic oxidation sites excluding steroid dienone is 1. The molecular weight excluding hydrogens is 663 g/mol. The van der Waals surface area contributed by atoms with Gasteiger partial charge in [-0.2, -0.15) is 12.7 Å². The van der Waals surface area contributed by atoms with Gasteiger partial charge in [-0.25, -0.2) is 8.42 Å². The van der Waals surface area contributed by atoms with Gasteiger partial charge in [0, 0.05) is 0 Å². The molecule has 0 N–H and O–H groups in total. The Bertz CT molecular complexity index is 2460. The highest BCUT2D eigenvalue weighted by molar-refractivity contribution is 7.91. The molecule has 5 aromatic rings. The predicted molar refractivity (Wildman–Crippen MR) is 201 cm³/mol. The van der Waals surface area contributed by atoms with E-state index in [1.165, 1.54) is 24.3 Å². The van der Waals surface area contributed by atoms with Crippen LogP contribution in [0.15, 0.2) is 153 Å². The fourth-order valence-electron chi connectivity index (χ4n) is 6.01. The van der Waals surface area contributed by atoms with Crippen LogP contribution in [0, 0.1) is 27.7 Å². The number of rotatable bonds is 6. The average molecular weight is 698 g/mol. The van der Waals surface area contributed by atoms with E-state index in [0.717, 1.165) is 43.4 Å². The maximum absolute atomic E-state index is 15.2. The summed E-state index contributed by atoms with van der Waals surface area (Å²) in [5.74, 6) is -0.0291. The molecule has 250 valence electrons. The maximum atomic E-state index is 15.2. The largest absolute Gasteiger partial charge is 0.294 e. The molecule has 2 aliphatic rings. The van der Waals surface area contributed by atoms with Gasteiger partial charge in [0.2, 0.25) is 0 Å². The van der Waals surface area contributed by atoms with Gasteiger partial charge in [0.25, 0.3) is 20.0 Å². The number of hydrogen-bond acceptors (Lipinski definition) is 5. The quantitative estimate of drug-likeness (QED) is 0.177. The van der Waals surface area contributed by atoms with Crippen molar-refractivity contribution in [2.24, 2.45) is 4.40 Å². The summed E-state index contributed by atoms with van der Waals surface area (Å²) in [6.07, 6.45) is 5.61. The maximum Gasteiger partial charge on any atom is 0.284 e. The van der Waals surface area contributed by atoms with Crippen LogP contribution in [0.1, 0.15) is 38.9 Å². The van der Waals surface area contributed by atoms with Crippen molar-refractivity contribution in [2.75, 3.05) is 4.90 Å². The van der Waals surface area contributed by atoms with Crippen molar-refractivity contribution in [3.05, 3.63) is 178 Å². The Hall–Kier alpha value is -5.51. The van der Waals surface area contributed by atoms with Crippen molar-refractivity contribution in [3.63, 3.8) is 0 Å². The van der Waals surface area contributed by atoms with E-state index in [2.05, 4.69) is 4.40 Å². The van der Waals surface area contributed by atoms with Crippen LogP contribution in [0.5, 0.6) is 0 Å². The molecule has 0 atom stereocenters. The molecule has 0 saturated heterocycles. The fraction of sp³-hybridized carbons (Fsp3) is 0.0976. The van der Waals surface area contributed by atoms with Crippen LogP contribution in [0.25, 0.3) is 17.7 Å². The fourth-order valence-corrected chi connectivity index (χ4v) is 8.48. The van der Waals surface area contributed by atoms with E-state index in [9.17, 15) is 8.42 Å². The third-order valence-corrected chi connectivity index (χ3v) is 11.7. The summed E-state index contributed by atoms with van der Waals surface area (Å²) >= 11 is 0. The Morgan fingerprint density at radius 1 is 0.580 bits per heavy atom. The number of hydrogen-bond donors (Lipinski definition) is 0. The summed E-state index contributed by atoms with van der Waals surface area (Å²) in [7, 11) is -8.93. The van der Waals surface area contributed by atoms with Gasteiger partial charge in [-0.15, -0.1) is 4.40 Å². The summed E-state index contributed by atoms with van der Waals surface area (Å²) in [5.41, 5.74) is 7.66. The van der Waals surface area contributed by atoms with E-state index >= 15 is 8.42 Å². The van der Waals surface area contributed by atoms with Gasteiger partial charge in [0.15, 0.2) is 5.84 Å². The third kappa shape index (κ3) is 6.10. The van der Waals surface area contributed by atoms with E-state index in [0.29, 0.717) is 16.8 Å². The van der Waals surface area contributed by atoms with Crippen LogP contribution in [0.2, 0.25) is 0 Å². The van der Waals surface area contributed by atoms with Crippen molar-refractivity contribution in [1.29, 1.82) is 0 Å². The van der Waals surface area contributed by atoms with Crippen molar-refractivity contribution >= 4 is 49.3 Å². The van der Waals surface area contributed by atoms with Crippen LogP contribution < -0.4 is 4.90 Å². The molecule has 0 aromatic heterocycles. The van der Waals surface area contributed by atoms with Crippen molar-refractivity contribution in [3.8, 4) is 0 Å². The molecule has 2 aliphatic heterocycles. The molecule has 0 spiro atoms. The van der Waals surface area contributed by atoms with Gasteiger partial charge in [0.1, 0.15) is 5.82 Å². The predicted octanol–water partition coefficient (Wildman–Crippen LogP) is 8.66. The topological polar surface area (TPSA) is 87.1 Å². The number of sulfonamides is 2. The van der Waals surface area contributed by atoms with Crippen LogP contribution in [-0.4, -0.2) is 27.0 Å². The molecule has 0 aliphatic carbocycles. The molecule has 7 nitrogen and oxygen atoms in total. The Morgan fingerprint density at radius 2 is 1.10 bits per heavy atom. The molecule has 0 amide bonds. The van der Waals surface area contributed by atoms with Crippen molar-refractivity contribution in [1.82, 2.24) is 4.31 Å². The summed E-state index contributed by atoms with van der Waals surface area (Å²) < 4.78 is 64.5. The van der Waals surface area contributed by atoms with Gasteiger partial charge in [-0.1, -0.05) is 119 Å². The first-order valence-electron chi connectivity index (χ1n) is 16.1. The lowest BCUT2D eigenvalue weighted by Gasteiger charge is -2.43. The van der Waals surface area contributed by atoms with Crippen LogP contribution in [0.3, 0.4) is 0 Å². The highest BCUT2D eigenvalue weighted by Crippen LogP contribution is 2.45. The molecule has 0 bridgehead atoms. The Kier molecular flexibility index (Phi) is 8.41. The normalized spacial score (nSPS) is 16.2. The summed E-state index contributed by atoms with van der Waals surface area (Å²) in [6, 6.07) is 35.9. The average Bonchev–Trinajstić information content (AvgIpc) is 3.10. The minimum absolute atomic E-state index is 0.00844. The Balaban J connectivity index is 1.64. The highest BCUT2D eigenvalue weighted by Gasteiger charge is 2.44. The first-order valence-corrected chi connectivity index (χ1v) is 19.0. The van der Waals surface area contributed by atoms with Gasteiger partial charge < -0.3 is 0 Å². The lowest BCUT2D eigenvalue weighted by Crippen LogP contribution is -2.48. The lowest BCUT2D eigenvalue weighted by molar-refractivity contribution is 0.550. The number of nitrogens with zero attached hydrogens (tertiary/aromatic N) is 3. The number of fused-ring (bicyclic) bond motifs is 3. The number of aryl methyl sites for hydroxylation is 4. The van der Waals surface area contributed by atoms with Gasteiger partial charge in [-0.3, -0.25) is 4.90 Å². The first kappa shape index (κ1) is 33.0. The molecule has 0 fully saturated rings. The molecule has 9 heteroatoms. The van der Waals surface area contributed by atoms with Crippen LogP contribution in [-0.2, 0) is 20.0 Å². The number of amidine groups is 1. The molecule has 0 radical (unpaired) electrons. The van der Waals surface area contributed by atoms with Crippen LogP contribution >= 0.6 is 0 Å². The smallest absolute Gasteiger partial charge is 0.284 e. The molecule has 0 unspecified atom stereocenters. The van der Waals surface area contributed by atoms with Crippen molar-refractivity contribution in [2.45, 2.75) is 37.5 Å². The molecular formula is C41H35N3O4S2. The van der Waals surface area contributed by atoms with Gasteiger partial charge >= 0.3 is 0 Å². The number of benzene rings is 5. The lowest BCUT2D eigenvalue weighted by atomic mass is 9.94. The van der Waals surface area contributed by atoms with E-state index < -0.39 is 20.0 Å². The molecule has 50 heavy (non-hydrogen) atoms. The zero-order valence-electron chi connectivity index (χ0n) is 28.1. The second kappa shape index (κ2) is 12.7. The van der Waals surface area contributed by atoms with Crippen molar-refractivity contribution < 1.29 is 16.8 Å².